The largest absolute Gasteiger partial charge is 0.416 e. The number of ketones is 3. The lowest BCUT2D eigenvalue weighted by Gasteiger charge is -2.23. The van der Waals surface area contributed by atoms with Gasteiger partial charge < -0.3 is 4.90 Å². The van der Waals surface area contributed by atoms with Crippen LogP contribution in [0.4, 0.5) is 13.2 Å². The van der Waals surface area contributed by atoms with Crippen LogP contribution in [0.1, 0.15) is 40.7 Å². The average molecular weight is 423 g/mol. The maximum Gasteiger partial charge on any atom is 0.416 e. The number of nitrogens with zero attached hydrogens (tertiary/aromatic N) is 3. The Morgan fingerprint density at radius 1 is 1.28 bits per heavy atom. The van der Waals surface area contributed by atoms with Crippen molar-refractivity contribution in [2.45, 2.75) is 32.0 Å². The summed E-state index contributed by atoms with van der Waals surface area (Å²) in [6.07, 6.45) is -2.39. The third-order valence-corrected chi connectivity index (χ3v) is 5.81. The number of amidine groups is 1. The van der Waals surface area contributed by atoms with Gasteiger partial charge in [-0.3, -0.25) is 14.4 Å². The number of alkyl halides is 3. The van der Waals surface area contributed by atoms with E-state index in [0.29, 0.717) is 23.9 Å². The van der Waals surface area contributed by atoms with Crippen LogP contribution in [0.5, 0.6) is 0 Å². The minimum Gasteiger partial charge on any atom is -0.345 e. The van der Waals surface area contributed by atoms with Crippen LogP contribution in [0.25, 0.3) is 0 Å². The maximum absolute atomic E-state index is 13.2. The standard InChI is InChI=1S/C19H16F3N3O3S/c20-19(21,22)12-4-5-13(17(28)16-14(26)2-1-3-15(16)27)11(8-12)9-25-6-7-29-18(25)24-10-23/h4-5,8,16H,1-3,6-7,9H2. The molecule has 0 spiro atoms. The van der Waals surface area contributed by atoms with Crippen LogP contribution in [-0.4, -0.2) is 39.7 Å². The van der Waals surface area contributed by atoms with E-state index in [2.05, 4.69) is 4.99 Å². The molecule has 2 aliphatic rings. The van der Waals surface area contributed by atoms with E-state index in [0.717, 1.165) is 18.2 Å². The second-order valence-electron chi connectivity index (χ2n) is 6.72. The molecule has 29 heavy (non-hydrogen) atoms. The van der Waals surface area contributed by atoms with Gasteiger partial charge in [-0.2, -0.15) is 18.4 Å². The van der Waals surface area contributed by atoms with Gasteiger partial charge >= 0.3 is 6.18 Å². The van der Waals surface area contributed by atoms with Crippen molar-refractivity contribution in [1.29, 1.82) is 5.26 Å². The Balaban J connectivity index is 2.01. The molecule has 0 N–H and O–H groups in total. The van der Waals surface area contributed by atoms with Gasteiger partial charge in [-0.1, -0.05) is 17.8 Å². The second kappa shape index (κ2) is 8.37. The van der Waals surface area contributed by atoms with Gasteiger partial charge in [0.1, 0.15) is 5.92 Å². The first-order chi connectivity index (χ1) is 13.7. The Bertz CT molecular complexity index is 921. The van der Waals surface area contributed by atoms with Crippen LogP contribution in [0, 0.1) is 17.4 Å². The predicted octanol–water partition coefficient (Wildman–Crippen LogP) is 3.21. The molecule has 0 radical (unpaired) electrons. The van der Waals surface area contributed by atoms with E-state index in [1.807, 2.05) is 0 Å². The molecule has 0 aromatic heterocycles. The number of carbonyl (C=O) groups is 3. The molecule has 2 fully saturated rings. The van der Waals surface area contributed by atoms with Crippen LogP contribution < -0.4 is 0 Å². The van der Waals surface area contributed by atoms with Gasteiger partial charge in [-0.25, -0.2) is 0 Å². The fraction of sp³-hybridized carbons (Fsp3) is 0.421. The monoisotopic (exact) mass is 423 g/mol. The van der Waals surface area contributed by atoms with E-state index < -0.39 is 35.0 Å². The van der Waals surface area contributed by atoms with Gasteiger partial charge in [-0.05, 0) is 24.1 Å². The number of halogens is 3. The van der Waals surface area contributed by atoms with Crippen molar-refractivity contribution in [3.63, 3.8) is 0 Å². The van der Waals surface area contributed by atoms with E-state index in [1.165, 1.54) is 11.8 Å². The smallest absolute Gasteiger partial charge is 0.345 e. The number of thioether (sulfide) groups is 1. The highest BCUT2D eigenvalue weighted by molar-refractivity contribution is 8.14. The average Bonchev–Trinajstić information content (AvgIpc) is 3.08. The summed E-state index contributed by atoms with van der Waals surface area (Å²) in [7, 11) is 0. The molecule has 1 aliphatic carbocycles. The SMILES string of the molecule is N#CN=C1SCCN1Cc1cc(C(F)(F)F)ccc1C(=O)C1C(=O)CCCC1=O. The van der Waals surface area contributed by atoms with Crippen LogP contribution in [0.3, 0.4) is 0 Å². The molecule has 10 heteroatoms. The Morgan fingerprint density at radius 2 is 1.97 bits per heavy atom. The van der Waals surface area contributed by atoms with Crippen molar-refractivity contribution in [2.75, 3.05) is 12.3 Å². The van der Waals surface area contributed by atoms with Crippen molar-refractivity contribution < 1.29 is 27.6 Å². The van der Waals surface area contributed by atoms with Crippen molar-refractivity contribution in [3.8, 4) is 6.19 Å². The van der Waals surface area contributed by atoms with E-state index in [4.69, 9.17) is 5.26 Å². The zero-order valence-electron chi connectivity index (χ0n) is 15.2. The molecule has 0 unspecified atom stereocenters. The molecule has 0 amide bonds. The molecule has 3 rings (SSSR count). The highest BCUT2D eigenvalue weighted by Gasteiger charge is 2.38. The summed E-state index contributed by atoms with van der Waals surface area (Å²) in [5, 5.41) is 9.13. The summed E-state index contributed by atoms with van der Waals surface area (Å²) in [5.74, 6) is -2.63. The van der Waals surface area contributed by atoms with E-state index in [1.54, 1.807) is 11.1 Å². The molecule has 1 saturated carbocycles. The lowest BCUT2D eigenvalue weighted by Crippen LogP contribution is -2.36. The van der Waals surface area contributed by atoms with Gasteiger partial charge in [-0.15, -0.1) is 4.99 Å². The minimum absolute atomic E-state index is 0.0455. The quantitative estimate of drug-likeness (QED) is 0.420. The van der Waals surface area contributed by atoms with E-state index in [-0.39, 0.29) is 30.5 Å². The molecular formula is C19H16F3N3O3S. The van der Waals surface area contributed by atoms with Gasteiger partial charge in [0.25, 0.3) is 0 Å². The summed E-state index contributed by atoms with van der Waals surface area (Å²) in [4.78, 5) is 42.5. The fourth-order valence-corrected chi connectivity index (χ4v) is 4.36. The lowest BCUT2D eigenvalue weighted by molar-refractivity contribution is -0.138. The Labute approximate surface area is 168 Å². The molecule has 1 aromatic carbocycles. The van der Waals surface area contributed by atoms with Crippen LogP contribution in [-0.2, 0) is 22.3 Å². The Kier molecular flexibility index (Phi) is 6.07. The summed E-state index contributed by atoms with van der Waals surface area (Å²) >= 11 is 1.29. The third kappa shape index (κ3) is 4.50. The van der Waals surface area contributed by atoms with Crippen molar-refractivity contribution >= 4 is 34.3 Å². The zero-order valence-corrected chi connectivity index (χ0v) is 16.0. The third-order valence-electron chi connectivity index (χ3n) is 4.82. The van der Waals surface area contributed by atoms with Gasteiger partial charge in [0.05, 0.1) is 5.56 Å². The predicted molar refractivity (Wildman–Crippen MR) is 99.0 cm³/mol. The zero-order chi connectivity index (χ0) is 21.2. The fourth-order valence-electron chi connectivity index (χ4n) is 3.43. The molecule has 1 heterocycles. The van der Waals surface area contributed by atoms with Crippen molar-refractivity contribution in [2.24, 2.45) is 10.9 Å². The van der Waals surface area contributed by atoms with Gasteiger partial charge in [0, 0.05) is 37.2 Å². The van der Waals surface area contributed by atoms with Crippen LogP contribution in [0.15, 0.2) is 23.2 Å². The first-order valence-electron chi connectivity index (χ1n) is 8.86. The van der Waals surface area contributed by atoms with Crippen molar-refractivity contribution in [1.82, 2.24) is 4.90 Å². The molecule has 1 aliphatic heterocycles. The molecular weight excluding hydrogens is 407 g/mol. The highest BCUT2D eigenvalue weighted by Crippen LogP contribution is 2.33. The van der Waals surface area contributed by atoms with Crippen LogP contribution in [0.2, 0.25) is 0 Å². The normalized spacial score (nSPS) is 19.7. The van der Waals surface area contributed by atoms with E-state index in [9.17, 15) is 27.6 Å². The van der Waals surface area contributed by atoms with Gasteiger partial charge in [0.2, 0.25) is 6.19 Å². The number of Topliss-reactive ketones (excluding diaryl/α,β-unsaturated/α-hetero) is 3. The summed E-state index contributed by atoms with van der Waals surface area (Å²) in [6, 6.07) is 2.66. The summed E-state index contributed by atoms with van der Waals surface area (Å²) in [5.41, 5.74) is -0.972. The molecule has 0 atom stereocenters. The van der Waals surface area contributed by atoms with Gasteiger partial charge in [0.15, 0.2) is 22.5 Å². The second-order valence-corrected chi connectivity index (χ2v) is 7.78. The highest BCUT2D eigenvalue weighted by atomic mass is 32.2. The maximum atomic E-state index is 13.2. The topological polar surface area (TPSA) is 90.6 Å². The summed E-state index contributed by atoms with van der Waals surface area (Å²) < 4.78 is 39.6. The molecule has 1 saturated heterocycles. The number of nitriles is 1. The number of hydrogen-bond donors (Lipinski definition) is 0. The molecule has 0 bridgehead atoms. The summed E-state index contributed by atoms with van der Waals surface area (Å²) in [6.45, 7) is 0.351. The number of hydrogen-bond acceptors (Lipinski definition) is 6. The Morgan fingerprint density at radius 3 is 2.59 bits per heavy atom. The molecule has 1 aromatic rings. The molecule has 6 nitrogen and oxygen atoms in total. The first kappa shape index (κ1) is 21.0. The van der Waals surface area contributed by atoms with Crippen LogP contribution >= 0.6 is 11.8 Å². The number of aliphatic imine (C=N–C) groups is 1. The lowest BCUT2D eigenvalue weighted by atomic mass is 9.80. The van der Waals surface area contributed by atoms with Crippen molar-refractivity contribution in [3.05, 3.63) is 34.9 Å². The number of carbonyl (C=O) groups excluding carboxylic acids is 3. The number of rotatable bonds is 4. The van der Waals surface area contributed by atoms with E-state index >= 15 is 0 Å². The Hall–Kier alpha value is -2.67. The number of benzene rings is 1. The first-order valence-corrected chi connectivity index (χ1v) is 9.85. The molecule has 152 valence electrons. The minimum atomic E-state index is -4.61.